The standard InChI is InChI=1S/C15H20N2O2/c1-5-11-16-14(18)13(17-19-15(2,3)4)12-9-7-6-8-10-12/h5-10H,1,11H2,2-4H3,(H,16,18)/b17-13-. The van der Waals surface area contributed by atoms with Crippen LogP contribution < -0.4 is 5.32 Å². The monoisotopic (exact) mass is 260 g/mol. The second-order valence-electron chi connectivity index (χ2n) is 5.01. The lowest BCUT2D eigenvalue weighted by molar-refractivity contribution is -0.114. The molecule has 0 fully saturated rings. The Morgan fingerprint density at radius 3 is 2.53 bits per heavy atom. The Kier molecular flexibility index (Phi) is 5.30. The Labute approximate surface area is 114 Å². The first-order valence-electron chi connectivity index (χ1n) is 6.15. The number of carbonyl (C=O) groups is 1. The fraction of sp³-hybridized carbons (Fsp3) is 0.333. The van der Waals surface area contributed by atoms with Crippen molar-refractivity contribution in [2.24, 2.45) is 5.16 Å². The third-order valence-electron chi connectivity index (χ3n) is 2.08. The van der Waals surface area contributed by atoms with E-state index in [1.165, 1.54) is 0 Å². The highest BCUT2D eigenvalue weighted by atomic mass is 16.6. The van der Waals surface area contributed by atoms with Gasteiger partial charge in [0.15, 0.2) is 5.71 Å². The summed E-state index contributed by atoms with van der Waals surface area (Å²) in [6.45, 7) is 9.58. The second-order valence-corrected chi connectivity index (χ2v) is 5.01. The van der Waals surface area contributed by atoms with Crippen molar-refractivity contribution in [1.82, 2.24) is 5.32 Å². The summed E-state index contributed by atoms with van der Waals surface area (Å²) in [5, 5.41) is 6.69. The molecule has 0 heterocycles. The molecule has 0 spiro atoms. The summed E-state index contributed by atoms with van der Waals surface area (Å²) < 4.78 is 0. The van der Waals surface area contributed by atoms with Gasteiger partial charge >= 0.3 is 0 Å². The van der Waals surface area contributed by atoms with Gasteiger partial charge in [-0.2, -0.15) is 0 Å². The maximum absolute atomic E-state index is 12.0. The van der Waals surface area contributed by atoms with E-state index in [0.717, 1.165) is 0 Å². The SMILES string of the molecule is C=CCNC(=O)/C(=N\OC(C)(C)C)c1ccccc1. The molecular weight excluding hydrogens is 240 g/mol. The van der Waals surface area contributed by atoms with Crippen LogP contribution in [0.4, 0.5) is 0 Å². The zero-order valence-electron chi connectivity index (χ0n) is 11.6. The van der Waals surface area contributed by atoms with E-state index < -0.39 is 5.60 Å². The molecule has 0 saturated carbocycles. The van der Waals surface area contributed by atoms with E-state index in [1.807, 2.05) is 51.1 Å². The molecule has 4 nitrogen and oxygen atoms in total. The number of nitrogens with zero attached hydrogens (tertiary/aromatic N) is 1. The lowest BCUT2D eigenvalue weighted by atomic mass is 10.1. The molecule has 0 aliphatic rings. The number of carbonyl (C=O) groups excluding carboxylic acids is 1. The smallest absolute Gasteiger partial charge is 0.274 e. The second kappa shape index (κ2) is 6.73. The summed E-state index contributed by atoms with van der Waals surface area (Å²) >= 11 is 0. The van der Waals surface area contributed by atoms with Crippen LogP contribution in [-0.2, 0) is 9.63 Å². The summed E-state index contributed by atoms with van der Waals surface area (Å²) in [5.41, 5.74) is 0.532. The first kappa shape index (κ1) is 15.0. The van der Waals surface area contributed by atoms with Crippen molar-refractivity contribution in [2.45, 2.75) is 26.4 Å². The van der Waals surface area contributed by atoms with Gasteiger partial charge in [-0.25, -0.2) is 0 Å². The molecule has 0 aromatic heterocycles. The first-order chi connectivity index (χ1) is 8.94. The molecule has 1 N–H and O–H groups in total. The largest absolute Gasteiger partial charge is 0.389 e. The minimum absolute atomic E-state index is 0.261. The third kappa shape index (κ3) is 5.38. The van der Waals surface area contributed by atoms with Crippen LogP contribution in [0.25, 0.3) is 0 Å². The zero-order chi connectivity index (χ0) is 14.3. The lowest BCUT2D eigenvalue weighted by Gasteiger charge is -2.16. The fourth-order valence-electron chi connectivity index (χ4n) is 1.25. The van der Waals surface area contributed by atoms with Crippen LogP contribution in [0.15, 0.2) is 48.1 Å². The first-order valence-corrected chi connectivity index (χ1v) is 6.15. The van der Waals surface area contributed by atoms with Crippen molar-refractivity contribution in [3.05, 3.63) is 48.6 Å². The number of oxime groups is 1. The maximum atomic E-state index is 12.0. The number of benzene rings is 1. The minimum atomic E-state index is -0.446. The maximum Gasteiger partial charge on any atom is 0.274 e. The molecular formula is C15H20N2O2. The van der Waals surface area contributed by atoms with Gasteiger partial charge < -0.3 is 10.2 Å². The lowest BCUT2D eigenvalue weighted by Crippen LogP contribution is -2.32. The average Bonchev–Trinajstić information content (AvgIpc) is 2.36. The quantitative estimate of drug-likeness (QED) is 0.502. The van der Waals surface area contributed by atoms with E-state index in [2.05, 4.69) is 17.1 Å². The highest BCUT2D eigenvalue weighted by molar-refractivity contribution is 6.45. The summed E-state index contributed by atoms with van der Waals surface area (Å²) in [7, 11) is 0. The van der Waals surface area contributed by atoms with Gasteiger partial charge in [-0.3, -0.25) is 4.79 Å². The van der Waals surface area contributed by atoms with Crippen LogP contribution in [0.5, 0.6) is 0 Å². The molecule has 1 amide bonds. The van der Waals surface area contributed by atoms with Crippen molar-refractivity contribution < 1.29 is 9.63 Å². The molecule has 1 aromatic rings. The Hall–Kier alpha value is -2.10. The van der Waals surface area contributed by atoms with Crippen molar-refractivity contribution in [1.29, 1.82) is 0 Å². The Morgan fingerprint density at radius 2 is 2.00 bits per heavy atom. The van der Waals surface area contributed by atoms with E-state index >= 15 is 0 Å². The summed E-state index contributed by atoms with van der Waals surface area (Å²) in [6.07, 6.45) is 1.62. The highest BCUT2D eigenvalue weighted by Crippen LogP contribution is 2.09. The van der Waals surface area contributed by atoms with Crippen LogP contribution in [0.3, 0.4) is 0 Å². The van der Waals surface area contributed by atoms with Crippen LogP contribution in [-0.4, -0.2) is 23.8 Å². The molecule has 0 atom stereocenters. The number of hydrogen-bond donors (Lipinski definition) is 1. The molecule has 0 bridgehead atoms. The van der Waals surface area contributed by atoms with E-state index in [0.29, 0.717) is 12.1 Å². The van der Waals surface area contributed by atoms with Gasteiger partial charge in [-0.1, -0.05) is 41.6 Å². The molecule has 0 aliphatic heterocycles. The Balaban J connectivity index is 2.97. The van der Waals surface area contributed by atoms with Gasteiger partial charge in [0.2, 0.25) is 0 Å². The van der Waals surface area contributed by atoms with E-state index in [-0.39, 0.29) is 11.6 Å². The van der Waals surface area contributed by atoms with Crippen LogP contribution >= 0.6 is 0 Å². The minimum Gasteiger partial charge on any atom is -0.389 e. The molecule has 0 aliphatic carbocycles. The van der Waals surface area contributed by atoms with Gasteiger partial charge in [-0.15, -0.1) is 6.58 Å². The molecule has 0 radical (unpaired) electrons. The zero-order valence-corrected chi connectivity index (χ0v) is 11.6. The number of nitrogens with one attached hydrogen (secondary N) is 1. The normalized spacial score (nSPS) is 11.8. The van der Waals surface area contributed by atoms with Gasteiger partial charge in [0.25, 0.3) is 5.91 Å². The molecule has 0 unspecified atom stereocenters. The van der Waals surface area contributed by atoms with Crippen LogP contribution in [0.2, 0.25) is 0 Å². The Bertz CT molecular complexity index is 459. The summed E-state index contributed by atoms with van der Waals surface area (Å²) in [5.74, 6) is -0.282. The van der Waals surface area contributed by atoms with Gasteiger partial charge in [0.05, 0.1) is 0 Å². The summed E-state index contributed by atoms with van der Waals surface area (Å²) in [6, 6.07) is 9.22. The van der Waals surface area contributed by atoms with Gasteiger partial charge in [-0.05, 0) is 20.8 Å². The molecule has 1 rings (SSSR count). The molecule has 4 heteroatoms. The van der Waals surface area contributed by atoms with Crippen LogP contribution in [0, 0.1) is 0 Å². The predicted octanol–water partition coefficient (Wildman–Crippen LogP) is 2.51. The molecule has 19 heavy (non-hydrogen) atoms. The number of amides is 1. The van der Waals surface area contributed by atoms with Gasteiger partial charge in [0, 0.05) is 12.1 Å². The van der Waals surface area contributed by atoms with E-state index in [9.17, 15) is 4.79 Å². The third-order valence-corrected chi connectivity index (χ3v) is 2.08. The highest BCUT2D eigenvalue weighted by Gasteiger charge is 2.17. The van der Waals surface area contributed by atoms with Crippen LogP contribution in [0.1, 0.15) is 26.3 Å². The fourth-order valence-corrected chi connectivity index (χ4v) is 1.25. The van der Waals surface area contributed by atoms with E-state index in [1.54, 1.807) is 6.08 Å². The average molecular weight is 260 g/mol. The van der Waals surface area contributed by atoms with Crippen molar-refractivity contribution in [2.75, 3.05) is 6.54 Å². The van der Waals surface area contributed by atoms with Gasteiger partial charge in [0.1, 0.15) is 5.60 Å². The number of rotatable bonds is 5. The summed E-state index contributed by atoms with van der Waals surface area (Å²) in [4.78, 5) is 17.4. The molecule has 1 aromatic carbocycles. The van der Waals surface area contributed by atoms with Crippen molar-refractivity contribution >= 4 is 11.6 Å². The molecule has 102 valence electrons. The van der Waals surface area contributed by atoms with Crippen molar-refractivity contribution in [3.63, 3.8) is 0 Å². The topological polar surface area (TPSA) is 50.7 Å². The van der Waals surface area contributed by atoms with Crippen molar-refractivity contribution in [3.8, 4) is 0 Å². The predicted molar refractivity (Wildman–Crippen MR) is 77.0 cm³/mol. The Morgan fingerprint density at radius 1 is 1.37 bits per heavy atom. The molecule has 0 saturated heterocycles. The number of hydrogen-bond acceptors (Lipinski definition) is 3. The van der Waals surface area contributed by atoms with E-state index in [4.69, 9.17) is 4.84 Å².